The maximum atomic E-state index is 6.14. The normalized spacial score (nSPS) is 19.2. The van der Waals surface area contributed by atoms with Gasteiger partial charge in [-0.15, -0.1) is 0 Å². The Morgan fingerprint density at radius 2 is 1.89 bits per heavy atom. The van der Waals surface area contributed by atoms with Gasteiger partial charge in [-0.05, 0) is 69.9 Å². The number of nitrogens with zero attached hydrogens (tertiary/aromatic N) is 1. The molecular formula is C15H23BrN2. The molecule has 0 radical (unpaired) electrons. The molecule has 1 fully saturated rings. The van der Waals surface area contributed by atoms with E-state index in [9.17, 15) is 0 Å². The molecule has 3 heteroatoms. The van der Waals surface area contributed by atoms with Gasteiger partial charge in [-0.25, -0.2) is 0 Å². The van der Waals surface area contributed by atoms with Gasteiger partial charge in [-0.3, -0.25) is 0 Å². The maximum Gasteiger partial charge on any atom is 0.0352 e. The predicted molar refractivity (Wildman–Crippen MR) is 80.8 cm³/mol. The number of hydrogen-bond donors (Lipinski definition) is 1. The molecule has 1 aromatic rings. The van der Waals surface area contributed by atoms with Crippen LogP contribution in [0.25, 0.3) is 0 Å². The quantitative estimate of drug-likeness (QED) is 0.906. The summed E-state index contributed by atoms with van der Waals surface area (Å²) in [6.07, 6.45) is 2.50. The van der Waals surface area contributed by atoms with Gasteiger partial charge in [0.2, 0.25) is 0 Å². The highest BCUT2D eigenvalue weighted by Crippen LogP contribution is 2.34. The SMILES string of the molecule is CN1CCC(c2ccc(C(C)(C)N)cc2Br)CC1. The first-order chi connectivity index (χ1) is 8.38. The lowest BCUT2D eigenvalue weighted by Crippen LogP contribution is -2.30. The van der Waals surface area contributed by atoms with E-state index in [4.69, 9.17) is 5.73 Å². The Balaban J connectivity index is 2.20. The number of hydrogen-bond acceptors (Lipinski definition) is 2. The molecule has 18 heavy (non-hydrogen) atoms. The van der Waals surface area contributed by atoms with Gasteiger partial charge in [0, 0.05) is 10.0 Å². The minimum atomic E-state index is -0.270. The fourth-order valence-corrected chi connectivity index (χ4v) is 3.28. The highest BCUT2D eigenvalue weighted by molar-refractivity contribution is 9.10. The Hall–Kier alpha value is -0.380. The molecule has 2 N–H and O–H groups in total. The summed E-state index contributed by atoms with van der Waals surface area (Å²) in [4.78, 5) is 2.40. The van der Waals surface area contributed by atoms with E-state index in [0.29, 0.717) is 5.92 Å². The van der Waals surface area contributed by atoms with Gasteiger partial charge in [0.05, 0.1) is 0 Å². The van der Waals surface area contributed by atoms with Crippen molar-refractivity contribution in [3.05, 3.63) is 33.8 Å². The van der Waals surface area contributed by atoms with E-state index < -0.39 is 0 Å². The van der Waals surface area contributed by atoms with Gasteiger partial charge >= 0.3 is 0 Å². The fraction of sp³-hybridized carbons (Fsp3) is 0.600. The van der Waals surface area contributed by atoms with E-state index in [-0.39, 0.29) is 5.54 Å². The van der Waals surface area contributed by atoms with E-state index in [1.165, 1.54) is 41.5 Å². The lowest BCUT2D eigenvalue weighted by Gasteiger charge is -2.30. The number of rotatable bonds is 2. The van der Waals surface area contributed by atoms with Gasteiger partial charge in [0.1, 0.15) is 0 Å². The summed E-state index contributed by atoms with van der Waals surface area (Å²) in [6.45, 7) is 6.48. The molecule has 1 aliphatic heterocycles. The smallest absolute Gasteiger partial charge is 0.0352 e. The van der Waals surface area contributed by atoms with Crippen LogP contribution >= 0.6 is 15.9 Å². The predicted octanol–water partition coefficient (Wildman–Crippen LogP) is 3.45. The van der Waals surface area contributed by atoms with Crippen molar-refractivity contribution in [1.29, 1.82) is 0 Å². The van der Waals surface area contributed by atoms with Crippen LogP contribution in [0.4, 0.5) is 0 Å². The molecule has 100 valence electrons. The molecule has 2 rings (SSSR count). The molecule has 0 spiro atoms. The van der Waals surface area contributed by atoms with E-state index in [1.54, 1.807) is 0 Å². The minimum absolute atomic E-state index is 0.270. The van der Waals surface area contributed by atoms with Crippen molar-refractivity contribution in [2.45, 2.75) is 38.1 Å². The monoisotopic (exact) mass is 310 g/mol. The standard InChI is InChI=1S/C15H23BrN2/c1-15(2,17)12-4-5-13(14(16)10-12)11-6-8-18(3)9-7-11/h4-5,10-11H,6-9,17H2,1-3H3. The topological polar surface area (TPSA) is 29.3 Å². The summed E-state index contributed by atoms with van der Waals surface area (Å²) >= 11 is 3.72. The number of piperidine rings is 1. The van der Waals surface area contributed by atoms with Crippen LogP contribution in [0.5, 0.6) is 0 Å². The first-order valence-electron chi connectivity index (χ1n) is 6.65. The number of halogens is 1. The first kappa shape index (κ1) is 14.0. The fourth-order valence-electron chi connectivity index (χ4n) is 2.58. The molecule has 1 saturated heterocycles. The average Bonchev–Trinajstić information content (AvgIpc) is 2.29. The van der Waals surface area contributed by atoms with Crippen molar-refractivity contribution >= 4 is 15.9 Å². The van der Waals surface area contributed by atoms with Crippen LogP contribution in [0.3, 0.4) is 0 Å². The van der Waals surface area contributed by atoms with E-state index >= 15 is 0 Å². The van der Waals surface area contributed by atoms with Crippen LogP contribution < -0.4 is 5.73 Å². The largest absolute Gasteiger partial charge is 0.322 e. The Morgan fingerprint density at radius 3 is 2.39 bits per heavy atom. The Labute approximate surface area is 119 Å². The summed E-state index contributed by atoms with van der Waals surface area (Å²) in [7, 11) is 2.20. The Bertz CT molecular complexity index is 415. The molecule has 1 aliphatic rings. The molecule has 1 heterocycles. The minimum Gasteiger partial charge on any atom is -0.322 e. The molecular weight excluding hydrogens is 288 g/mol. The van der Waals surface area contributed by atoms with Crippen molar-refractivity contribution in [3.8, 4) is 0 Å². The number of likely N-dealkylation sites (tertiary alicyclic amines) is 1. The molecule has 0 bridgehead atoms. The van der Waals surface area contributed by atoms with Gasteiger partial charge in [-0.2, -0.15) is 0 Å². The van der Waals surface area contributed by atoms with Crippen LogP contribution in [0.2, 0.25) is 0 Å². The van der Waals surface area contributed by atoms with Crippen LogP contribution in [-0.4, -0.2) is 25.0 Å². The van der Waals surface area contributed by atoms with Crippen molar-refractivity contribution in [2.75, 3.05) is 20.1 Å². The Kier molecular flexibility index (Phi) is 4.15. The zero-order valence-electron chi connectivity index (χ0n) is 11.5. The zero-order chi connectivity index (χ0) is 13.3. The lowest BCUT2D eigenvalue weighted by atomic mass is 9.87. The van der Waals surface area contributed by atoms with Crippen molar-refractivity contribution < 1.29 is 0 Å². The van der Waals surface area contributed by atoms with Crippen LogP contribution in [0, 0.1) is 0 Å². The zero-order valence-corrected chi connectivity index (χ0v) is 13.1. The average molecular weight is 311 g/mol. The second kappa shape index (κ2) is 5.32. The van der Waals surface area contributed by atoms with Crippen LogP contribution in [0.15, 0.2) is 22.7 Å². The molecule has 0 saturated carbocycles. The lowest BCUT2D eigenvalue weighted by molar-refractivity contribution is 0.255. The van der Waals surface area contributed by atoms with Crippen LogP contribution in [-0.2, 0) is 5.54 Å². The highest BCUT2D eigenvalue weighted by atomic mass is 79.9. The van der Waals surface area contributed by atoms with Crippen molar-refractivity contribution in [3.63, 3.8) is 0 Å². The second-order valence-corrected chi connectivity index (χ2v) is 6.89. The summed E-state index contributed by atoms with van der Waals surface area (Å²) < 4.78 is 1.22. The number of nitrogens with two attached hydrogens (primary N) is 1. The molecule has 0 aliphatic carbocycles. The third-order valence-corrected chi connectivity index (χ3v) is 4.59. The van der Waals surface area contributed by atoms with Crippen molar-refractivity contribution in [1.82, 2.24) is 4.90 Å². The molecule has 0 amide bonds. The van der Waals surface area contributed by atoms with E-state index in [1.807, 2.05) is 13.8 Å². The van der Waals surface area contributed by atoms with Crippen LogP contribution in [0.1, 0.15) is 43.7 Å². The van der Waals surface area contributed by atoms with Gasteiger partial charge in [0.25, 0.3) is 0 Å². The van der Waals surface area contributed by atoms with Gasteiger partial charge < -0.3 is 10.6 Å². The maximum absolute atomic E-state index is 6.14. The third kappa shape index (κ3) is 3.14. The molecule has 0 atom stereocenters. The molecule has 2 nitrogen and oxygen atoms in total. The highest BCUT2D eigenvalue weighted by Gasteiger charge is 2.22. The van der Waals surface area contributed by atoms with E-state index in [2.05, 4.69) is 46.1 Å². The summed E-state index contributed by atoms with van der Waals surface area (Å²) in [6, 6.07) is 6.62. The molecule has 0 aromatic heterocycles. The summed E-state index contributed by atoms with van der Waals surface area (Å²) in [5.74, 6) is 0.686. The van der Waals surface area contributed by atoms with E-state index in [0.717, 1.165) is 0 Å². The second-order valence-electron chi connectivity index (χ2n) is 6.04. The van der Waals surface area contributed by atoms with Crippen molar-refractivity contribution in [2.24, 2.45) is 5.73 Å². The summed E-state index contributed by atoms with van der Waals surface area (Å²) in [5, 5.41) is 0. The molecule has 1 aromatic carbocycles. The first-order valence-corrected chi connectivity index (χ1v) is 7.44. The summed E-state index contributed by atoms with van der Waals surface area (Å²) in [5.41, 5.74) is 8.50. The van der Waals surface area contributed by atoms with Gasteiger partial charge in [0.15, 0.2) is 0 Å². The Morgan fingerprint density at radius 1 is 1.28 bits per heavy atom. The third-order valence-electron chi connectivity index (χ3n) is 3.90. The number of benzene rings is 1. The molecule has 0 unspecified atom stereocenters. The van der Waals surface area contributed by atoms with Gasteiger partial charge in [-0.1, -0.05) is 28.1 Å².